The highest BCUT2D eigenvalue weighted by Gasteiger charge is 2.12. The van der Waals surface area contributed by atoms with Gasteiger partial charge in [-0.05, 0) is 29.9 Å². The van der Waals surface area contributed by atoms with E-state index in [9.17, 15) is 0 Å². The van der Waals surface area contributed by atoms with E-state index in [1.54, 1.807) is 17.7 Å². The Morgan fingerprint density at radius 2 is 2.21 bits per heavy atom. The fourth-order valence-electron chi connectivity index (χ4n) is 1.50. The van der Waals surface area contributed by atoms with E-state index in [0.29, 0.717) is 5.92 Å². The summed E-state index contributed by atoms with van der Waals surface area (Å²) in [7, 11) is 0. The van der Waals surface area contributed by atoms with Crippen LogP contribution in [0.4, 0.5) is 0 Å². The Morgan fingerprint density at radius 3 is 2.79 bits per heavy atom. The second kappa shape index (κ2) is 3.58. The third kappa shape index (κ3) is 1.60. The summed E-state index contributed by atoms with van der Waals surface area (Å²) in [4.78, 5) is 8.85. The Morgan fingerprint density at radius 1 is 1.43 bits per heavy atom. The molecule has 14 heavy (non-hydrogen) atoms. The molecule has 0 radical (unpaired) electrons. The summed E-state index contributed by atoms with van der Waals surface area (Å²) in [6.07, 6.45) is 1.78. The van der Waals surface area contributed by atoms with Gasteiger partial charge in [0.2, 0.25) is 0 Å². The molecule has 0 aliphatic heterocycles. The average Bonchev–Trinajstić information content (AvgIpc) is 2.70. The lowest BCUT2D eigenvalue weighted by Crippen LogP contribution is -1.89. The van der Waals surface area contributed by atoms with E-state index < -0.39 is 0 Å². The third-order valence-electron chi connectivity index (χ3n) is 2.19. The van der Waals surface area contributed by atoms with Crippen molar-refractivity contribution in [3.8, 4) is 10.6 Å². The molecular formula is C11H14N2S. The van der Waals surface area contributed by atoms with Crippen molar-refractivity contribution in [1.82, 2.24) is 9.97 Å². The van der Waals surface area contributed by atoms with Gasteiger partial charge in [0.1, 0.15) is 0 Å². The maximum Gasteiger partial charge on any atom is 0.0928 e. The van der Waals surface area contributed by atoms with Crippen molar-refractivity contribution in [1.29, 1.82) is 0 Å². The van der Waals surface area contributed by atoms with E-state index in [0.717, 1.165) is 5.69 Å². The average molecular weight is 206 g/mol. The number of aromatic amines is 1. The van der Waals surface area contributed by atoms with E-state index in [1.807, 2.05) is 0 Å². The monoisotopic (exact) mass is 206 g/mol. The fraction of sp³-hybridized carbons (Fsp3) is 0.364. The van der Waals surface area contributed by atoms with E-state index >= 15 is 0 Å². The summed E-state index contributed by atoms with van der Waals surface area (Å²) in [5, 5.41) is 2.17. The molecule has 74 valence electrons. The molecule has 0 fully saturated rings. The predicted octanol–water partition coefficient (Wildman–Crippen LogP) is 3.57. The van der Waals surface area contributed by atoms with Crippen molar-refractivity contribution < 1.29 is 0 Å². The number of imidazole rings is 1. The van der Waals surface area contributed by atoms with E-state index in [2.05, 4.69) is 42.2 Å². The van der Waals surface area contributed by atoms with Crippen LogP contribution < -0.4 is 0 Å². The molecule has 2 nitrogen and oxygen atoms in total. The van der Waals surface area contributed by atoms with Crippen molar-refractivity contribution in [3.63, 3.8) is 0 Å². The lowest BCUT2D eigenvalue weighted by Gasteiger charge is -2.02. The highest BCUT2D eigenvalue weighted by molar-refractivity contribution is 7.13. The maximum atomic E-state index is 4.35. The molecule has 0 spiro atoms. The van der Waals surface area contributed by atoms with Crippen molar-refractivity contribution in [2.45, 2.75) is 26.7 Å². The van der Waals surface area contributed by atoms with E-state index in [-0.39, 0.29) is 0 Å². The molecule has 0 saturated heterocycles. The first kappa shape index (κ1) is 9.46. The number of H-pyrrole nitrogens is 1. The van der Waals surface area contributed by atoms with Gasteiger partial charge in [0, 0.05) is 0 Å². The number of hydrogen-bond donors (Lipinski definition) is 1. The summed E-state index contributed by atoms with van der Waals surface area (Å²) < 4.78 is 0. The molecule has 2 rings (SSSR count). The maximum absolute atomic E-state index is 4.35. The molecule has 0 aliphatic carbocycles. The van der Waals surface area contributed by atoms with Gasteiger partial charge in [-0.1, -0.05) is 13.8 Å². The van der Waals surface area contributed by atoms with Crippen molar-refractivity contribution >= 4 is 11.3 Å². The largest absolute Gasteiger partial charge is 0.344 e. The molecule has 0 aliphatic rings. The van der Waals surface area contributed by atoms with Gasteiger partial charge >= 0.3 is 0 Å². The van der Waals surface area contributed by atoms with E-state index in [1.165, 1.54) is 16.1 Å². The Hall–Kier alpha value is -1.09. The second-order valence-corrected chi connectivity index (χ2v) is 4.72. The number of rotatable bonds is 2. The van der Waals surface area contributed by atoms with E-state index in [4.69, 9.17) is 0 Å². The zero-order valence-corrected chi connectivity index (χ0v) is 9.48. The van der Waals surface area contributed by atoms with Crippen LogP contribution in [0.3, 0.4) is 0 Å². The quantitative estimate of drug-likeness (QED) is 0.799. The highest BCUT2D eigenvalue weighted by Crippen LogP contribution is 2.30. The molecule has 2 aromatic heterocycles. The number of hydrogen-bond acceptors (Lipinski definition) is 2. The second-order valence-electron chi connectivity index (χ2n) is 3.81. The summed E-state index contributed by atoms with van der Waals surface area (Å²) in [6.45, 7) is 6.45. The van der Waals surface area contributed by atoms with Gasteiger partial charge in [-0.15, -0.1) is 11.3 Å². The van der Waals surface area contributed by atoms with Crippen LogP contribution in [0.1, 0.15) is 31.0 Å². The first-order chi connectivity index (χ1) is 6.68. The van der Waals surface area contributed by atoms with Gasteiger partial charge in [-0.3, -0.25) is 0 Å². The number of thiophene rings is 1. The molecule has 0 bridgehead atoms. The van der Waals surface area contributed by atoms with Crippen LogP contribution in [-0.4, -0.2) is 9.97 Å². The minimum atomic E-state index is 0.471. The summed E-state index contributed by atoms with van der Waals surface area (Å²) in [5.74, 6) is 0.471. The van der Waals surface area contributed by atoms with Crippen LogP contribution >= 0.6 is 11.3 Å². The van der Waals surface area contributed by atoms with Gasteiger partial charge in [-0.2, -0.15) is 0 Å². The Bertz CT molecular complexity index is 426. The molecule has 0 atom stereocenters. The topological polar surface area (TPSA) is 28.7 Å². The summed E-state index contributed by atoms with van der Waals surface area (Å²) >= 11 is 1.77. The van der Waals surface area contributed by atoms with Gasteiger partial charge in [0.25, 0.3) is 0 Å². The first-order valence-electron chi connectivity index (χ1n) is 4.77. The normalized spacial score (nSPS) is 11.1. The van der Waals surface area contributed by atoms with Crippen molar-refractivity contribution in [2.75, 3.05) is 0 Å². The molecule has 0 unspecified atom stereocenters. The third-order valence-corrected chi connectivity index (χ3v) is 3.26. The lowest BCUT2D eigenvalue weighted by molar-refractivity contribution is 0.835. The molecule has 0 aromatic carbocycles. The van der Waals surface area contributed by atoms with Crippen LogP contribution in [0.5, 0.6) is 0 Å². The van der Waals surface area contributed by atoms with Gasteiger partial charge in [-0.25, -0.2) is 4.98 Å². The van der Waals surface area contributed by atoms with Gasteiger partial charge in [0.05, 0.1) is 22.6 Å². The van der Waals surface area contributed by atoms with Crippen LogP contribution in [0.25, 0.3) is 10.6 Å². The number of aromatic nitrogens is 2. The van der Waals surface area contributed by atoms with Crippen molar-refractivity contribution in [3.05, 3.63) is 29.0 Å². The predicted molar refractivity (Wildman–Crippen MR) is 60.7 cm³/mol. The molecule has 0 saturated carbocycles. The zero-order valence-electron chi connectivity index (χ0n) is 8.66. The minimum absolute atomic E-state index is 0.471. The fourth-order valence-corrected chi connectivity index (χ4v) is 2.42. The molecule has 2 heterocycles. The summed E-state index contributed by atoms with van der Waals surface area (Å²) in [6, 6.07) is 2.20. The molecule has 1 N–H and O–H groups in total. The van der Waals surface area contributed by atoms with Crippen LogP contribution in [0.2, 0.25) is 0 Å². The van der Waals surface area contributed by atoms with Crippen molar-refractivity contribution in [2.24, 2.45) is 0 Å². The lowest BCUT2D eigenvalue weighted by atomic mass is 10.1. The Kier molecular flexibility index (Phi) is 2.42. The molecule has 3 heteroatoms. The summed E-state index contributed by atoms with van der Waals surface area (Å²) in [5.41, 5.74) is 3.65. The SMILES string of the molecule is Cc1csc(-c2[nH]cnc2C(C)C)c1. The minimum Gasteiger partial charge on any atom is -0.344 e. The van der Waals surface area contributed by atoms with Crippen LogP contribution in [0.15, 0.2) is 17.8 Å². The number of nitrogens with zero attached hydrogens (tertiary/aromatic N) is 1. The Labute approximate surface area is 88.0 Å². The highest BCUT2D eigenvalue weighted by atomic mass is 32.1. The van der Waals surface area contributed by atoms with Crippen LogP contribution in [-0.2, 0) is 0 Å². The number of aryl methyl sites for hydroxylation is 1. The molecular weight excluding hydrogens is 192 g/mol. The van der Waals surface area contributed by atoms with Gasteiger partial charge < -0.3 is 4.98 Å². The molecule has 0 amide bonds. The standard InChI is InChI=1S/C11H14N2S/c1-7(2)10-11(13-6-12-10)9-4-8(3)5-14-9/h4-7H,1-3H3,(H,12,13). The smallest absolute Gasteiger partial charge is 0.0928 e. The first-order valence-corrected chi connectivity index (χ1v) is 5.65. The zero-order chi connectivity index (χ0) is 10.1. The van der Waals surface area contributed by atoms with Crippen LogP contribution in [0, 0.1) is 6.92 Å². The number of nitrogens with one attached hydrogen (secondary N) is 1. The Balaban J connectivity index is 2.46. The van der Waals surface area contributed by atoms with Gasteiger partial charge in [0.15, 0.2) is 0 Å². The molecule has 2 aromatic rings.